The van der Waals surface area contributed by atoms with E-state index in [2.05, 4.69) is 22.9 Å². The largest absolute Gasteiger partial charge is 0.419 e. The molecule has 1 aromatic heterocycles. The third-order valence-electron chi connectivity index (χ3n) is 4.16. The zero-order valence-corrected chi connectivity index (χ0v) is 12.5. The molecule has 0 aliphatic carbocycles. The molecule has 0 amide bonds. The molecule has 4 nitrogen and oxygen atoms in total. The topological polar surface area (TPSA) is 53.1 Å². The van der Waals surface area contributed by atoms with Crippen LogP contribution in [0, 0.1) is 24.2 Å². The maximum absolute atomic E-state index is 9.33. The molecule has 21 heavy (non-hydrogen) atoms. The molecule has 1 aliphatic heterocycles. The minimum Gasteiger partial charge on any atom is -0.419 e. The molecule has 0 radical (unpaired) electrons. The SMILES string of the molecule is Cc1ccccc1-c1nc(C#N)c(N2CCC(C)CC2)o1. The number of oxazole rings is 1. The number of rotatable bonds is 2. The van der Waals surface area contributed by atoms with Gasteiger partial charge in [0.25, 0.3) is 0 Å². The first-order valence-electron chi connectivity index (χ1n) is 7.41. The third-order valence-corrected chi connectivity index (χ3v) is 4.16. The zero-order valence-electron chi connectivity index (χ0n) is 12.5. The van der Waals surface area contributed by atoms with E-state index in [-0.39, 0.29) is 0 Å². The molecule has 2 aromatic rings. The van der Waals surface area contributed by atoms with E-state index in [0.717, 1.165) is 43.0 Å². The Bertz CT molecular complexity index is 676. The molecule has 1 saturated heterocycles. The first kappa shape index (κ1) is 13.7. The van der Waals surface area contributed by atoms with Gasteiger partial charge in [-0.1, -0.05) is 25.1 Å². The smallest absolute Gasteiger partial charge is 0.235 e. The normalized spacial score (nSPS) is 16.0. The van der Waals surface area contributed by atoms with Gasteiger partial charge in [-0.3, -0.25) is 0 Å². The first-order valence-corrected chi connectivity index (χ1v) is 7.41. The van der Waals surface area contributed by atoms with E-state index in [1.807, 2.05) is 31.2 Å². The van der Waals surface area contributed by atoms with Crippen LogP contribution in [0.5, 0.6) is 0 Å². The van der Waals surface area contributed by atoms with Crippen molar-refractivity contribution < 1.29 is 4.42 Å². The highest BCUT2D eigenvalue weighted by Crippen LogP contribution is 2.31. The van der Waals surface area contributed by atoms with Gasteiger partial charge in [0.2, 0.25) is 17.5 Å². The molecule has 3 rings (SSSR count). The summed E-state index contributed by atoms with van der Waals surface area (Å²) in [7, 11) is 0. The Balaban J connectivity index is 1.96. The Morgan fingerprint density at radius 1 is 1.29 bits per heavy atom. The van der Waals surface area contributed by atoms with Gasteiger partial charge in [-0.15, -0.1) is 0 Å². The Morgan fingerprint density at radius 2 is 2.00 bits per heavy atom. The van der Waals surface area contributed by atoms with Crippen LogP contribution in [0.4, 0.5) is 5.88 Å². The Morgan fingerprint density at radius 3 is 2.67 bits per heavy atom. The minimum atomic E-state index is 0.391. The predicted octanol–water partition coefficient (Wildman–Crippen LogP) is 3.76. The second kappa shape index (κ2) is 5.61. The van der Waals surface area contributed by atoms with Gasteiger partial charge >= 0.3 is 0 Å². The molecule has 4 heteroatoms. The van der Waals surface area contributed by atoms with Gasteiger partial charge in [0, 0.05) is 18.7 Å². The second-order valence-electron chi connectivity index (χ2n) is 5.77. The molecule has 1 aliphatic rings. The van der Waals surface area contributed by atoms with Crippen molar-refractivity contribution in [2.24, 2.45) is 5.92 Å². The Hall–Kier alpha value is -2.28. The van der Waals surface area contributed by atoms with Crippen molar-refractivity contribution in [3.63, 3.8) is 0 Å². The number of hydrogen-bond acceptors (Lipinski definition) is 4. The molecule has 1 aromatic carbocycles. The highest BCUT2D eigenvalue weighted by molar-refractivity contribution is 5.62. The molecule has 1 fully saturated rings. The molecule has 0 unspecified atom stereocenters. The lowest BCUT2D eigenvalue weighted by molar-refractivity contribution is 0.418. The highest BCUT2D eigenvalue weighted by Gasteiger charge is 2.24. The van der Waals surface area contributed by atoms with Crippen molar-refractivity contribution in [1.82, 2.24) is 4.98 Å². The molecule has 0 spiro atoms. The van der Waals surface area contributed by atoms with E-state index in [0.29, 0.717) is 17.5 Å². The summed E-state index contributed by atoms with van der Waals surface area (Å²) < 4.78 is 5.94. The zero-order chi connectivity index (χ0) is 14.8. The van der Waals surface area contributed by atoms with E-state index in [4.69, 9.17) is 4.42 Å². The summed E-state index contributed by atoms with van der Waals surface area (Å²) in [5.41, 5.74) is 2.44. The first-order chi connectivity index (χ1) is 10.2. The molecular formula is C17H19N3O. The number of nitrogens with zero attached hydrogens (tertiary/aromatic N) is 3. The van der Waals surface area contributed by atoms with E-state index >= 15 is 0 Å². The lowest BCUT2D eigenvalue weighted by Crippen LogP contribution is -2.32. The number of nitriles is 1. The maximum atomic E-state index is 9.33. The lowest BCUT2D eigenvalue weighted by Gasteiger charge is -2.29. The van der Waals surface area contributed by atoms with Crippen molar-refractivity contribution in [3.05, 3.63) is 35.5 Å². The maximum Gasteiger partial charge on any atom is 0.235 e. The highest BCUT2D eigenvalue weighted by atomic mass is 16.4. The summed E-state index contributed by atoms with van der Waals surface area (Å²) in [5.74, 6) is 1.91. The van der Waals surface area contributed by atoms with Crippen LogP contribution in [0.25, 0.3) is 11.5 Å². The fourth-order valence-electron chi connectivity index (χ4n) is 2.74. The van der Waals surface area contributed by atoms with Crippen LogP contribution >= 0.6 is 0 Å². The molecular weight excluding hydrogens is 262 g/mol. The van der Waals surface area contributed by atoms with E-state index in [9.17, 15) is 5.26 Å². The monoisotopic (exact) mass is 281 g/mol. The van der Waals surface area contributed by atoms with Crippen LogP contribution in [0.2, 0.25) is 0 Å². The summed E-state index contributed by atoms with van der Waals surface area (Å²) in [4.78, 5) is 6.53. The number of hydrogen-bond donors (Lipinski definition) is 0. The molecule has 0 saturated carbocycles. The van der Waals surface area contributed by atoms with Crippen molar-refractivity contribution in [3.8, 4) is 17.5 Å². The van der Waals surface area contributed by atoms with Crippen LogP contribution in [-0.4, -0.2) is 18.1 Å². The van der Waals surface area contributed by atoms with Crippen LogP contribution in [0.15, 0.2) is 28.7 Å². The Kier molecular flexibility index (Phi) is 3.66. The van der Waals surface area contributed by atoms with Crippen molar-refractivity contribution in [2.45, 2.75) is 26.7 Å². The van der Waals surface area contributed by atoms with Crippen LogP contribution < -0.4 is 4.90 Å². The second-order valence-corrected chi connectivity index (χ2v) is 5.77. The number of piperidine rings is 1. The Labute approximate surface area is 125 Å². The predicted molar refractivity (Wildman–Crippen MR) is 82.0 cm³/mol. The van der Waals surface area contributed by atoms with Gasteiger partial charge in [-0.25, -0.2) is 0 Å². The summed E-state index contributed by atoms with van der Waals surface area (Å²) >= 11 is 0. The number of aryl methyl sites for hydroxylation is 1. The van der Waals surface area contributed by atoms with Gasteiger partial charge < -0.3 is 9.32 Å². The summed E-state index contributed by atoms with van der Waals surface area (Å²) in [6.45, 7) is 6.14. The number of anilines is 1. The van der Waals surface area contributed by atoms with Gasteiger partial charge in [0.15, 0.2) is 0 Å². The van der Waals surface area contributed by atoms with Crippen molar-refractivity contribution >= 4 is 5.88 Å². The van der Waals surface area contributed by atoms with Gasteiger partial charge in [-0.2, -0.15) is 10.2 Å². The van der Waals surface area contributed by atoms with E-state index in [1.165, 1.54) is 0 Å². The number of benzene rings is 1. The number of aromatic nitrogens is 1. The molecule has 108 valence electrons. The third kappa shape index (κ3) is 2.64. The summed E-state index contributed by atoms with van der Waals surface area (Å²) in [6, 6.07) is 10.1. The fourth-order valence-corrected chi connectivity index (χ4v) is 2.74. The fraction of sp³-hybridized carbons (Fsp3) is 0.412. The van der Waals surface area contributed by atoms with Gasteiger partial charge in [0.1, 0.15) is 6.07 Å². The van der Waals surface area contributed by atoms with Crippen LogP contribution in [0.1, 0.15) is 31.0 Å². The summed E-state index contributed by atoms with van der Waals surface area (Å²) in [5, 5.41) is 9.33. The van der Waals surface area contributed by atoms with E-state index < -0.39 is 0 Å². The lowest BCUT2D eigenvalue weighted by atomic mass is 9.99. The van der Waals surface area contributed by atoms with E-state index in [1.54, 1.807) is 0 Å². The average molecular weight is 281 g/mol. The quantitative estimate of drug-likeness (QED) is 0.841. The van der Waals surface area contributed by atoms with Gasteiger partial charge in [0.05, 0.1) is 0 Å². The van der Waals surface area contributed by atoms with Crippen molar-refractivity contribution in [2.75, 3.05) is 18.0 Å². The average Bonchev–Trinajstić information content (AvgIpc) is 2.92. The van der Waals surface area contributed by atoms with Crippen molar-refractivity contribution in [1.29, 1.82) is 5.26 Å². The minimum absolute atomic E-state index is 0.391. The molecule has 0 bridgehead atoms. The molecule has 2 heterocycles. The van der Waals surface area contributed by atoms with Gasteiger partial charge in [-0.05, 0) is 37.3 Å². The van der Waals surface area contributed by atoms with Crippen LogP contribution in [0.3, 0.4) is 0 Å². The standard InChI is InChI=1S/C17H19N3O/c1-12-7-9-20(10-8-12)17-15(11-18)19-16(21-17)14-6-4-3-5-13(14)2/h3-6,12H,7-10H2,1-2H3. The molecule has 0 atom stereocenters. The summed E-state index contributed by atoms with van der Waals surface area (Å²) in [6.07, 6.45) is 2.26. The molecule has 0 N–H and O–H groups in total. The van der Waals surface area contributed by atoms with Crippen LogP contribution in [-0.2, 0) is 0 Å².